The SMILES string of the molecule is Cn1nncc1C(=O)N[C@@H]1CCC[C@H](Nc2nc(-c3c[nH]c4c(F)cc(Cl)cc34)ncc2F)C1. The van der Waals surface area contributed by atoms with Gasteiger partial charge >= 0.3 is 0 Å². The van der Waals surface area contributed by atoms with Gasteiger partial charge < -0.3 is 15.6 Å². The highest BCUT2D eigenvalue weighted by atomic mass is 35.5. The molecule has 0 aliphatic heterocycles. The summed E-state index contributed by atoms with van der Waals surface area (Å²) in [6.45, 7) is 0. The number of carbonyl (C=O) groups excluding carboxylic acids is 1. The maximum Gasteiger partial charge on any atom is 0.271 e. The molecule has 0 saturated heterocycles. The van der Waals surface area contributed by atoms with Gasteiger partial charge in [-0.15, -0.1) is 5.10 Å². The molecule has 2 atom stereocenters. The quantitative estimate of drug-likeness (QED) is 0.395. The summed E-state index contributed by atoms with van der Waals surface area (Å²) < 4.78 is 30.2. The van der Waals surface area contributed by atoms with E-state index in [0.717, 1.165) is 25.5 Å². The van der Waals surface area contributed by atoms with Gasteiger partial charge in [0, 0.05) is 41.3 Å². The number of aromatic amines is 1. The molecule has 0 radical (unpaired) electrons. The Balaban J connectivity index is 1.33. The predicted octanol–water partition coefficient (Wildman–Crippen LogP) is 3.84. The van der Waals surface area contributed by atoms with Crippen molar-refractivity contribution >= 4 is 34.2 Å². The Labute approximate surface area is 197 Å². The molecule has 5 rings (SSSR count). The fraction of sp³-hybridized carbons (Fsp3) is 0.318. The number of rotatable bonds is 5. The van der Waals surface area contributed by atoms with Crippen molar-refractivity contribution in [2.75, 3.05) is 5.32 Å². The number of halogens is 3. The average molecular weight is 487 g/mol. The lowest BCUT2D eigenvalue weighted by atomic mass is 9.91. The Morgan fingerprint density at radius 3 is 2.82 bits per heavy atom. The number of aromatic nitrogens is 6. The number of amides is 1. The van der Waals surface area contributed by atoms with Crippen LogP contribution in [0.3, 0.4) is 0 Å². The number of aryl methyl sites for hydroxylation is 1. The van der Waals surface area contributed by atoms with Crippen LogP contribution in [-0.4, -0.2) is 47.9 Å². The summed E-state index contributed by atoms with van der Waals surface area (Å²) in [5.41, 5.74) is 1.16. The molecule has 1 fully saturated rings. The highest BCUT2D eigenvalue weighted by Gasteiger charge is 2.26. The lowest BCUT2D eigenvalue weighted by Crippen LogP contribution is -2.42. The van der Waals surface area contributed by atoms with E-state index in [9.17, 15) is 13.6 Å². The maximum atomic E-state index is 14.6. The van der Waals surface area contributed by atoms with Gasteiger partial charge in [-0.05, 0) is 37.8 Å². The monoisotopic (exact) mass is 486 g/mol. The lowest BCUT2D eigenvalue weighted by molar-refractivity contribution is 0.0917. The summed E-state index contributed by atoms with van der Waals surface area (Å²) >= 11 is 6.01. The summed E-state index contributed by atoms with van der Waals surface area (Å²) in [5, 5.41) is 14.4. The molecule has 0 spiro atoms. The molecule has 1 aromatic carbocycles. The largest absolute Gasteiger partial charge is 0.365 e. The van der Waals surface area contributed by atoms with Crippen molar-refractivity contribution in [3.05, 3.63) is 53.1 Å². The summed E-state index contributed by atoms with van der Waals surface area (Å²) in [7, 11) is 1.65. The Morgan fingerprint density at radius 1 is 1.21 bits per heavy atom. The molecule has 1 aliphatic rings. The number of hydrogen-bond donors (Lipinski definition) is 3. The summed E-state index contributed by atoms with van der Waals surface area (Å²) in [4.78, 5) is 23.8. The van der Waals surface area contributed by atoms with E-state index in [0.29, 0.717) is 23.1 Å². The predicted molar refractivity (Wildman–Crippen MR) is 122 cm³/mol. The van der Waals surface area contributed by atoms with Crippen molar-refractivity contribution in [1.82, 2.24) is 35.3 Å². The fourth-order valence-electron chi connectivity index (χ4n) is 4.34. The molecule has 0 bridgehead atoms. The highest BCUT2D eigenvalue weighted by Crippen LogP contribution is 2.31. The molecule has 3 aromatic heterocycles. The second-order valence-corrected chi connectivity index (χ2v) is 8.76. The van der Waals surface area contributed by atoms with Gasteiger partial charge in [0.15, 0.2) is 17.5 Å². The Bertz CT molecular complexity index is 1370. The van der Waals surface area contributed by atoms with Crippen LogP contribution in [-0.2, 0) is 7.05 Å². The van der Waals surface area contributed by atoms with Crippen molar-refractivity contribution in [3.8, 4) is 11.4 Å². The molecule has 1 saturated carbocycles. The molecule has 34 heavy (non-hydrogen) atoms. The van der Waals surface area contributed by atoms with Gasteiger partial charge in [0.1, 0.15) is 11.5 Å². The number of fused-ring (bicyclic) bond motifs is 1. The summed E-state index contributed by atoms with van der Waals surface area (Å²) in [5.74, 6) is -1.05. The van der Waals surface area contributed by atoms with Crippen LogP contribution in [0.2, 0.25) is 5.02 Å². The average Bonchev–Trinajstić information content (AvgIpc) is 3.42. The van der Waals surface area contributed by atoms with Crippen LogP contribution in [0.5, 0.6) is 0 Å². The third kappa shape index (κ3) is 4.30. The van der Waals surface area contributed by atoms with Crippen molar-refractivity contribution in [2.24, 2.45) is 7.05 Å². The van der Waals surface area contributed by atoms with Gasteiger partial charge in [0.05, 0.1) is 17.9 Å². The topological polar surface area (TPSA) is 113 Å². The normalized spacial score (nSPS) is 18.2. The van der Waals surface area contributed by atoms with Gasteiger partial charge in [-0.1, -0.05) is 16.8 Å². The van der Waals surface area contributed by atoms with E-state index in [1.165, 1.54) is 16.9 Å². The van der Waals surface area contributed by atoms with Gasteiger partial charge in [-0.25, -0.2) is 23.4 Å². The molecule has 3 N–H and O–H groups in total. The standard InChI is InChI=1S/C22H21ClF2N8O/c1-33-18(10-28-32-33)22(34)30-13-4-2-3-12(7-13)29-21-17(25)9-27-20(31-21)15-8-26-19-14(15)5-11(23)6-16(19)24/h5-6,8-10,12-13,26H,2-4,7H2,1H3,(H,30,34)(H,27,29,31)/t12-,13+/m0/s1. The number of benzene rings is 1. The van der Waals surface area contributed by atoms with E-state index in [2.05, 4.69) is 35.9 Å². The lowest BCUT2D eigenvalue weighted by Gasteiger charge is -2.30. The van der Waals surface area contributed by atoms with Crippen LogP contribution in [0.1, 0.15) is 36.2 Å². The minimum Gasteiger partial charge on any atom is -0.365 e. The first kappa shape index (κ1) is 22.2. The summed E-state index contributed by atoms with van der Waals surface area (Å²) in [6, 6.07) is 2.64. The Morgan fingerprint density at radius 2 is 2.03 bits per heavy atom. The zero-order valence-corrected chi connectivity index (χ0v) is 18.9. The molecular weight excluding hydrogens is 466 g/mol. The van der Waals surface area contributed by atoms with E-state index >= 15 is 0 Å². The Hall–Kier alpha value is -3.60. The van der Waals surface area contributed by atoms with Gasteiger partial charge in [-0.2, -0.15) is 0 Å². The van der Waals surface area contributed by atoms with Crippen molar-refractivity contribution < 1.29 is 13.6 Å². The zero-order chi connectivity index (χ0) is 23.8. The first-order valence-electron chi connectivity index (χ1n) is 10.8. The first-order valence-corrected chi connectivity index (χ1v) is 11.2. The molecule has 176 valence electrons. The number of carbonyl (C=O) groups is 1. The smallest absolute Gasteiger partial charge is 0.271 e. The third-order valence-electron chi connectivity index (χ3n) is 5.99. The number of nitrogens with one attached hydrogen (secondary N) is 3. The van der Waals surface area contributed by atoms with E-state index in [1.807, 2.05) is 0 Å². The van der Waals surface area contributed by atoms with Crippen molar-refractivity contribution in [3.63, 3.8) is 0 Å². The molecule has 3 heterocycles. The highest BCUT2D eigenvalue weighted by molar-refractivity contribution is 6.31. The van der Waals surface area contributed by atoms with Crippen molar-refractivity contribution in [1.29, 1.82) is 0 Å². The van der Waals surface area contributed by atoms with E-state index in [-0.39, 0.29) is 40.2 Å². The zero-order valence-electron chi connectivity index (χ0n) is 18.1. The second kappa shape index (κ2) is 8.98. The molecule has 1 amide bonds. The number of hydrogen-bond acceptors (Lipinski definition) is 6. The van der Waals surface area contributed by atoms with Gasteiger partial charge in [-0.3, -0.25) is 4.79 Å². The molecule has 4 aromatic rings. The molecular formula is C22H21ClF2N8O. The van der Waals surface area contributed by atoms with E-state index < -0.39 is 11.6 Å². The van der Waals surface area contributed by atoms with Crippen LogP contribution >= 0.6 is 11.6 Å². The summed E-state index contributed by atoms with van der Waals surface area (Å²) in [6.07, 6.45) is 7.13. The van der Waals surface area contributed by atoms with Crippen LogP contribution in [0, 0.1) is 11.6 Å². The molecule has 12 heteroatoms. The number of anilines is 1. The number of nitrogens with zero attached hydrogens (tertiary/aromatic N) is 5. The van der Waals surface area contributed by atoms with Crippen LogP contribution in [0.15, 0.2) is 30.7 Å². The second-order valence-electron chi connectivity index (χ2n) is 8.32. The first-order chi connectivity index (χ1) is 16.4. The molecule has 9 nitrogen and oxygen atoms in total. The van der Waals surface area contributed by atoms with Crippen LogP contribution in [0.4, 0.5) is 14.6 Å². The van der Waals surface area contributed by atoms with Crippen molar-refractivity contribution in [2.45, 2.75) is 37.8 Å². The van der Waals surface area contributed by atoms with E-state index in [1.54, 1.807) is 19.3 Å². The van der Waals surface area contributed by atoms with Crippen LogP contribution in [0.25, 0.3) is 22.3 Å². The third-order valence-corrected chi connectivity index (χ3v) is 6.21. The molecule has 0 unspecified atom stereocenters. The minimum absolute atomic E-state index is 0.0506. The fourth-order valence-corrected chi connectivity index (χ4v) is 4.54. The Kier molecular flexibility index (Phi) is 5.86. The minimum atomic E-state index is -0.597. The maximum absolute atomic E-state index is 14.6. The van der Waals surface area contributed by atoms with Crippen LogP contribution < -0.4 is 10.6 Å². The van der Waals surface area contributed by atoms with Gasteiger partial charge in [0.25, 0.3) is 5.91 Å². The number of H-pyrrole nitrogens is 1. The van der Waals surface area contributed by atoms with Gasteiger partial charge in [0.2, 0.25) is 0 Å². The van der Waals surface area contributed by atoms with E-state index in [4.69, 9.17) is 11.6 Å². The molecule has 1 aliphatic carbocycles.